The largest absolute Gasteiger partial charge is 0.342 e. The van der Waals surface area contributed by atoms with E-state index in [1.807, 2.05) is 16.7 Å². The Hall–Kier alpha value is -1.92. The van der Waals surface area contributed by atoms with Crippen molar-refractivity contribution in [1.82, 2.24) is 19.9 Å². The third kappa shape index (κ3) is 3.76. The molecule has 2 aliphatic heterocycles. The normalized spacial score (nSPS) is 23.4. The first kappa shape index (κ1) is 16.9. The molecule has 7 heteroatoms. The van der Waals surface area contributed by atoms with Crippen LogP contribution in [-0.4, -0.2) is 57.4 Å². The fourth-order valence-corrected chi connectivity index (χ4v) is 3.67. The summed E-state index contributed by atoms with van der Waals surface area (Å²) >= 11 is 0. The molecule has 1 aromatic heterocycles. The van der Waals surface area contributed by atoms with Crippen LogP contribution < -0.4 is 0 Å². The number of rotatable bonds is 4. The predicted octanol–water partition coefficient (Wildman–Crippen LogP) is 1.88. The van der Waals surface area contributed by atoms with Crippen molar-refractivity contribution in [3.8, 4) is 0 Å². The van der Waals surface area contributed by atoms with E-state index in [9.17, 15) is 9.59 Å². The molecule has 2 unspecified atom stereocenters. The van der Waals surface area contributed by atoms with Crippen LogP contribution in [0.3, 0.4) is 0 Å². The van der Waals surface area contributed by atoms with Crippen LogP contribution >= 0.6 is 0 Å². The first-order chi connectivity index (χ1) is 11.5. The molecule has 132 valence electrons. The monoisotopic (exact) mass is 334 g/mol. The standard InChI is InChI=1S/C17H26N4O3/c1-12(21-9-4-3-7-15(21)22)10-16(23)20-8-5-6-14(11-20)17-18-13(2)19-24-17/h12,14H,3-11H2,1-2H3. The van der Waals surface area contributed by atoms with Crippen LogP contribution in [0.4, 0.5) is 0 Å². The molecule has 0 N–H and O–H groups in total. The summed E-state index contributed by atoms with van der Waals surface area (Å²) in [5.74, 6) is 1.67. The van der Waals surface area contributed by atoms with E-state index in [4.69, 9.17) is 4.52 Å². The van der Waals surface area contributed by atoms with Crippen LogP contribution in [0.25, 0.3) is 0 Å². The highest BCUT2D eigenvalue weighted by Crippen LogP contribution is 2.26. The van der Waals surface area contributed by atoms with Gasteiger partial charge in [-0.15, -0.1) is 0 Å². The molecule has 7 nitrogen and oxygen atoms in total. The summed E-state index contributed by atoms with van der Waals surface area (Å²) < 4.78 is 5.27. The molecule has 2 fully saturated rings. The smallest absolute Gasteiger partial charge is 0.231 e. The lowest BCUT2D eigenvalue weighted by atomic mass is 9.97. The second kappa shape index (κ2) is 7.32. The summed E-state index contributed by atoms with van der Waals surface area (Å²) in [6.45, 7) is 5.95. The number of hydrogen-bond donors (Lipinski definition) is 0. The van der Waals surface area contributed by atoms with Gasteiger partial charge in [0.2, 0.25) is 17.7 Å². The Balaban J connectivity index is 1.57. The molecule has 0 spiro atoms. The average molecular weight is 334 g/mol. The Morgan fingerprint density at radius 2 is 2.17 bits per heavy atom. The Labute approximate surface area is 142 Å². The molecular weight excluding hydrogens is 308 g/mol. The maximum Gasteiger partial charge on any atom is 0.231 e. The minimum Gasteiger partial charge on any atom is -0.342 e. The lowest BCUT2D eigenvalue weighted by Crippen LogP contribution is -2.46. The van der Waals surface area contributed by atoms with E-state index in [-0.39, 0.29) is 23.8 Å². The van der Waals surface area contributed by atoms with E-state index in [1.54, 1.807) is 6.92 Å². The van der Waals surface area contributed by atoms with E-state index in [1.165, 1.54) is 0 Å². The van der Waals surface area contributed by atoms with Crippen molar-refractivity contribution in [1.29, 1.82) is 0 Å². The summed E-state index contributed by atoms with van der Waals surface area (Å²) in [6, 6.07) is -0.0312. The third-order valence-electron chi connectivity index (χ3n) is 5.03. The molecule has 1 aromatic rings. The molecular formula is C17H26N4O3. The number of aromatic nitrogens is 2. The van der Waals surface area contributed by atoms with E-state index in [2.05, 4.69) is 10.1 Å². The quantitative estimate of drug-likeness (QED) is 0.840. The highest BCUT2D eigenvalue weighted by Gasteiger charge is 2.31. The van der Waals surface area contributed by atoms with E-state index >= 15 is 0 Å². The lowest BCUT2D eigenvalue weighted by molar-refractivity contribution is -0.139. The number of carbonyl (C=O) groups excluding carboxylic acids is 2. The van der Waals surface area contributed by atoms with Crippen molar-refractivity contribution in [2.75, 3.05) is 19.6 Å². The minimum absolute atomic E-state index is 0.0312. The molecule has 2 aliphatic rings. The first-order valence-corrected chi connectivity index (χ1v) is 8.92. The van der Waals surface area contributed by atoms with Crippen LogP contribution in [0.2, 0.25) is 0 Å². The number of carbonyl (C=O) groups is 2. The number of amides is 2. The van der Waals surface area contributed by atoms with Gasteiger partial charge in [-0.1, -0.05) is 5.16 Å². The van der Waals surface area contributed by atoms with Gasteiger partial charge in [-0.25, -0.2) is 0 Å². The van der Waals surface area contributed by atoms with Gasteiger partial charge >= 0.3 is 0 Å². The van der Waals surface area contributed by atoms with Crippen molar-refractivity contribution in [2.45, 2.75) is 64.3 Å². The molecule has 24 heavy (non-hydrogen) atoms. The summed E-state index contributed by atoms with van der Waals surface area (Å²) in [7, 11) is 0. The second-order valence-electron chi connectivity index (χ2n) is 6.96. The zero-order valence-corrected chi connectivity index (χ0v) is 14.5. The molecule has 2 amide bonds. The number of hydrogen-bond acceptors (Lipinski definition) is 5. The fraction of sp³-hybridized carbons (Fsp3) is 0.765. The van der Waals surface area contributed by atoms with Crippen LogP contribution in [0.5, 0.6) is 0 Å². The minimum atomic E-state index is -0.0312. The molecule has 0 aromatic carbocycles. The summed E-state index contributed by atoms with van der Waals surface area (Å²) in [5, 5.41) is 3.85. The van der Waals surface area contributed by atoms with Crippen molar-refractivity contribution < 1.29 is 14.1 Å². The summed E-state index contributed by atoms with van der Waals surface area (Å²) in [4.78, 5) is 32.7. The van der Waals surface area contributed by atoms with E-state index in [0.29, 0.717) is 31.1 Å². The molecule has 0 bridgehead atoms. The fourth-order valence-electron chi connectivity index (χ4n) is 3.67. The zero-order valence-electron chi connectivity index (χ0n) is 14.5. The number of aryl methyl sites for hydroxylation is 1. The van der Waals surface area contributed by atoms with Crippen molar-refractivity contribution in [2.24, 2.45) is 0 Å². The van der Waals surface area contributed by atoms with Crippen LogP contribution in [-0.2, 0) is 9.59 Å². The Kier molecular flexibility index (Phi) is 5.16. The van der Waals surface area contributed by atoms with Gasteiger partial charge in [0.25, 0.3) is 0 Å². The van der Waals surface area contributed by atoms with Crippen molar-refractivity contribution in [3.63, 3.8) is 0 Å². The zero-order chi connectivity index (χ0) is 17.1. The van der Waals surface area contributed by atoms with Gasteiger partial charge in [0.05, 0.1) is 5.92 Å². The van der Waals surface area contributed by atoms with Gasteiger partial charge in [-0.3, -0.25) is 9.59 Å². The maximum absolute atomic E-state index is 12.7. The van der Waals surface area contributed by atoms with Gasteiger partial charge in [-0.2, -0.15) is 4.98 Å². The van der Waals surface area contributed by atoms with E-state index < -0.39 is 0 Å². The van der Waals surface area contributed by atoms with Gasteiger partial charge in [0, 0.05) is 38.5 Å². The number of likely N-dealkylation sites (tertiary alicyclic amines) is 2. The molecule has 2 atom stereocenters. The van der Waals surface area contributed by atoms with Gasteiger partial charge in [-0.05, 0) is 39.5 Å². The second-order valence-corrected chi connectivity index (χ2v) is 6.96. The van der Waals surface area contributed by atoms with Crippen molar-refractivity contribution in [3.05, 3.63) is 11.7 Å². The Bertz CT molecular complexity index is 600. The lowest BCUT2D eigenvalue weighted by Gasteiger charge is -2.35. The van der Waals surface area contributed by atoms with Gasteiger partial charge < -0.3 is 14.3 Å². The van der Waals surface area contributed by atoms with Gasteiger partial charge in [0.1, 0.15) is 0 Å². The first-order valence-electron chi connectivity index (χ1n) is 8.92. The van der Waals surface area contributed by atoms with Crippen LogP contribution in [0.15, 0.2) is 4.52 Å². The van der Waals surface area contributed by atoms with Crippen LogP contribution in [0.1, 0.15) is 63.1 Å². The SMILES string of the molecule is Cc1noc(C2CCCN(C(=O)CC(C)N3CCCCC3=O)C2)n1. The molecule has 3 rings (SSSR count). The highest BCUT2D eigenvalue weighted by atomic mass is 16.5. The molecule has 0 radical (unpaired) electrons. The van der Waals surface area contributed by atoms with E-state index in [0.717, 1.165) is 38.8 Å². The number of piperidine rings is 2. The molecule has 0 aliphatic carbocycles. The molecule has 3 heterocycles. The topological polar surface area (TPSA) is 79.5 Å². The highest BCUT2D eigenvalue weighted by molar-refractivity contribution is 5.80. The number of nitrogens with zero attached hydrogens (tertiary/aromatic N) is 4. The molecule has 0 saturated carbocycles. The average Bonchev–Trinajstić information content (AvgIpc) is 3.02. The van der Waals surface area contributed by atoms with Crippen LogP contribution in [0, 0.1) is 6.92 Å². The summed E-state index contributed by atoms with van der Waals surface area (Å²) in [6.07, 6.45) is 4.91. The van der Waals surface area contributed by atoms with Gasteiger partial charge in [0.15, 0.2) is 5.82 Å². The Morgan fingerprint density at radius 1 is 1.33 bits per heavy atom. The molecule has 2 saturated heterocycles. The summed E-state index contributed by atoms with van der Waals surface area (Å²) in [5.41, 5.74) is 0. The Morgan fingerprint density at radius 3 is 2.88 bits per heavy atom. The predicted molar refractivity (Wildman–Crippen MR) is 87.2 cm³/mol. The van der Waals surface area contributed by atoms with Crippen molar-refractivity contribution >= 4 is 11.8 Å². The third-order valence-corrected chi connectivity index (χ3v) is 5.03. The maximum atomic E-state index is 12.7.